The quantitative estimate of drug-likeness (QED) is 0.350. The lowest BCUT2D eigenvalue weighted by Crippen LogP contribution is -2.43. The summed E-state index contributed by atoms with van der Waals surface area (Å²) in [6, 6.07) is 10.8. The molecule has 1 aliphatic heterocycles. The van der Waals surface area contributed by atoms with Crippen molar-refractivity contribution in [2.45, 2.75) is 38.5 Å². The van der Waals surface area contributed by atoms with E-state index in [9.17, 15) is 13.6 Å². The molecular formula is C22H22F2N4O2. The summed E-state index contributed by atoms with van der Waals surface area (Å²) in [6.07, 6.45) is 1.05. The summed E-state index contributed by atoms with van der Waals surface area (Å²) in [5.74, 6) is -1.24. The summed E-state index contributed by atoms with van der Waals surface area (Å²) in [7, 11) is 0. The Bertz CT molecular complexity index is 1010. The molecule has 1 amide bonds. The SMILES string of the molecule is CC(C)(C)OC(=O)N1[C@@H](CN=[N+]=[N-])C(c2cc(F)ccc2F)=C[C@H]1c1ccccc1. The molecule has 0 spiro atoms. The Balaban J connectivity index is 2.15. The van der Waals surface area contributed by atoms with Gasteiger partial charge in [-0.15, -0.1) is 0 Å². The number of ether oxygens (including phenoxy) is 1. The molecule has 0 aliphatic carbocycles. The highest BCUT2D eigenvalue weighted by Crippen LogP contribution is 2.41. The van der Waals surface area contributed by atoms with Crippen LogP contribution in [-0.4, -0.2) is 29.2 Å². The van der Waals surface area contributed by atoms with Crippen LogP contribution in [0.5, 0.6) is 0 Å². The minimum atomic E-state index is -0.822. The van der Waals surface area contributed by atoms with Crippen LogP contribution in [0.1, 0.15) is 37.9 Å². The van der Waals surface area contributed by atoms with E-state index in [0.717, 1.165) is 23.8 Å². The maximum Gasteiger partial charge on any atom is 0.411 e. The van der Waals surface area contributed by atoms with Gasteiger partial charge in [-0.25, -0.2) is 13.6 Å². The normalized spacial score (nSPS) is 18.6. The number of nitrogens with zero attached hydrogens (tertiary/aromatic N) is 4. The Morgan fingerprint density at radius 1 is 1.20 bits per heavy atom. The highest BCUT2D eigenvalue weighted by Gasteiger charge is 2.41. The van der Waals surface area contributed by atoms with Gasteiger partial charge in [0.2, 0.25) is 0 Å². The average Bonchev–Trinajstić information content (AvgIpc) is 3.07. The number of amides is 1. The van der Waals surface area contributed by atoms with Crippen molar-refractivity contribution >= 4 is 11.7 Å². The van der Waals surface area contributed by atoms with Crippen LogP contribution >= 0.6 is 0 Å². The van der Waals surface area contributed by atoms with Crippen LogP contribution in [0.15, 0.2) is 59.7 Å². The first-order chi connectivity index (χ1) is 14.2. The van der Waals surface area contributed by atoms with Crippen molar-refractivity contribution in [3.63, 3.8) is 0 Å². The second-order valence-corrected chi connectivity index (χ2v) is 7.92. The first kappa shape index (κ1) is 21.3. The zero-order chi connectivity index (χ0) is 21.9. The van der Waals surface area contributed by atoms with Crippen LogP contribution in [0.3, 0.4) is 0 Å². The maximum absolute atomic E-state index is 14.6. The van der Waals surface area contributed by atoms with Crippen LogP contribution in [-0.2, 0) is 4.74 Å². The number of azide groups is 1. The average molecular weight is 412 g/mol. The van der Waals surface area contributed by atoms with Crippen molar-refractivity contribution in [1.29, 1.82) is 0 Å². The smallest absolute Gasteiger partial charge is 0.411 e. The van der Waals surface area contributed by atoms with E-state index in [2.05, 4.69) is 10.0 Å². The van der Waals surface area contributed by atoms with Gasteiger partial charge in [0.25, 0.3) is 0 Å². The molecule has 1 aliphatic rings. The van der Waals surface area contributed by atoms with E-state index < -0.39 is 35.4 Å². The summed E-state index contributed by atoms with van der Waals surface area (Å²) in [6.45, 7) is 5.06. The fourth-order valence-electron chi connectivity index (χ4n) is 3.46. The standard InChI is InChI=1S/C22H22F2N4O2/c1-22(2,3)30-21(29)28-19(14-7-5-4-6-8-14)12-17(20(28)13-26-27-25)16-11-15(23)9-10-18(16)24/h4-12,19-20H,13H2,1-3H3/t19-,20-/m0/s1. The zero-order valence-corrected chi connectivity index (χ0v) is 16.9. The van der Waals surface area contributed by atoms with E-state index in [4.69, 9.17) is 10.3 Å². The molecule has 30 heavy (non-hydrogen) atoms. The van der Waals surface area contributed by atoms with Crippen molar-refractivity contribution in [3.8, 4) is 0 Å². The molecular weight excluding hydrogens is 390 g/mol. The molecule has 2 atom stereocenters. The van der Waals surface area contributed by atoms with Crippen LogP contribution in [0.25, 0.3) is 16.0 Å². The number of carbonyl (C=O) groups is 1. The third-order valence-corrected chi connectivity index (χ3v) is 4.63. The van der Waals surface area contributed by atoms with Gasteiger partial charge in [0.05, 0.1) is 18.6 Å². The number of carbonyl (C=O) groups excluding carboxylic acids is 1. The Labute approximate surface area is 173 Å². The molecule has 3 rings (SSSR count). The number of hydrogen-bond donors (Lipinski definition) is 0. The van der Waals surface area contributed by atoms with Gasteiger partial charge in [-0.05, 0) is 55.6 Å². The first-order valence-electron chi connectivity index (χ1n) is 9.45. The molecule has 6 nitrogen and oxygen atoms in total. The molecule has 0 fully saturated rings. The van der Waals surface area contributed by atoms with Gasteiger partial charge in [0, 0.05) is 10.5 Å². The molecule has 0 saturated carbocycles. The second-order valence-electron chi connectivity index (χ2n) is 7.92. The van der Waals surface area contributed by atoms with Gasteiger partial charge in [-0.2, -0.15) is 0 Å². The lowest BCUT2D eigenvalue weighted by molar-refractivity contribution is 0.0176. The van der Waals surface area contributed by atoms with E-state index in [-0.39, 0.29) is 12.1 Å². The van der Waals surface area contributed by atoms with Crippen LogP contribution < -0.4 is 0 Å². The number of halogens is 2. The Kier molecular flexibility index (Phi) is 6.08. The summed E-state index contributed by atoms with van der Waals surface area (Å²) in [5, 5.41) is 3.61. The van der Waals surface area contributed by atoms with Crippen LogP contribution in [0.2, 0.25) is 0 Å². The highest BCUT2D eigenvalue weighted by molar-refractivity contribution is 5.81. The van der Waals surface area contributed by atoms with Gasteiger partial charge in [-0.3, -0.25) is 4.90 Å². The summed E-state index contributed by atoms with van der Waals surface area (Å²) >= 11 is 0. The zero-order valence-electron chi connectivity index (χ0n) is 16.9. The first-order valence-corrected chi connectivity index (χ1v) is 9.45. The lowest BCUT2D eigenvalue weighted by Gasteiger charge is -2.33. The molecule has 8 heteroatoms. The predicted octanol–water partition coefficient (Wildman–Crippen LogP) is 6.02. The molecule has 0 aromatic heterocycles. The largest absolute Gasteiger partial charge is 0.444 e. The lowest BCUT2D eigenvalue weighted by atomic mass is 9.98. The van der Waals surface area contributed by atoms with Gasteiger partial charge in [-0.1, -0.05) is 41.5 Å². The van der Waals surface area contributed by atoms with E-state index in [1.807, 2.05) is 30.3 Å². The Hall–Kier alpha value is -3.38. The third kappa shape index (κ3) is 4.60. The predicted molar refractivity (Wildman–Crippen MR) is 109 cm³/mol. The van der Waals surface area contributed by atoms with Crippen LogP contribution in [0.4, 0.5) is 13.6 Å². The molecule has 2 aromatic carbocycles. The summed E-state index contributed by atoms with van der Waals surface area (Å²) < 4.78 is 34.1. The fraction of sp³-hybridized carbons (Fsp3) is 0.318. The fourth-order valence-corrected chi connectivity index (χ4v) is 3.46. The van der Waals surface area contributed by atoms with Crippen molar-refractivity contribution in [1.82, 2.24) is 4.90 Å². The van der Waals surface area contributed by atoms with Crippen molar-refractivity contribution in [2.24, 2.45) is 5.11 Å². The minimum Gasteiger partial charge on any atom is -0.444 e. The molecule has 0 bridgehead atoms. The minimum absolute atomic E-state index is 0.0140. The monoisotopic (exact) mass is 412 g/mol. The van der Waals surface area contributed by atoms with E-state index in [1.165, 1.54) is 4.90 Å². The van der Waals surface area contributed by atoms with Crippen molar-refractivity contribution in [3.05, 3.63) is 87.8 Å². The number of hydrogen-bond acceptors (Lipinski definition) is 3. The van der Waals surface area contributed by atoms with E-state index >= 15 is 0 Å². The number of benzene rings is 2. The topological polar surface area (TPSA) is 78.3 Å². The Morgan fingerprint density at radius 2 is 1.90 bits per heavy atom. The Morgan fingerprint density at radius 3 is 2.53 bits per heavy atom. The highest BCUT2D eigenvalue weighted by atomic mass is 19.1. The third-order valence-electron chi connectivity index (χ3n) is 4.63. The summed E-state index contributed by atoms with van der Waals surface area (Å²) in [4.78, 5) is 17.3. The summed E-state index contributed by atoms with van der Waals surface area (Å²) in [5.41, 5.74) is 9.22. The molecule has 0 radical (unpaired) electrons. The molecule has 0 saturated heterocycles. The van der Waals surface area contributed by atoms with Gasteiger partial charge in [0.1, 0.15) is 17.2 Å². The molecule has 2 aromatic rings. The number of rotatable bonds is 4. The van der Waals surface area contributed by atoms with Gasteiger partial charge in [0.15, 0.2) is 0 Å². The van der Waals surface area contributed by atoms with Gasteiger partial charge >= 0.3 is 6.09 Å². The van der Waals surface area contributed by atoms with E-state index in [1.54, 1.807) is 26.8 Å². The van der Waals surface area contributed by atoms with Crippen molar-refractivity contribution < 1.29 is 18.3 Å². The maximum atomic E-state index is 14.6. The van der Waals surface area contributed by atoms with Crippen molar-refractivity contribution in [2.75, 3.05) is 6.54 Å². The van der Waals surface area contributed by atoms with Gasteiger partial charge < -0.3 is 4.74 Å². The molecule has 156 valence electrons. The molecule has 0 unspecified atom stereocenters. The second kappa shape index (κ2) is 8.55. The molecule has 1 heterocycles. The molecule has 0 N–H and O–H groups in total. The van der Waals surface area contributed by atoms with Crippen LogP contribution in [0, 0.1) is 11.6 Å². The van der Waals surface area contributed by atoms with E-state index in [0.29, 0.717) is 5.57 Å².